The minimum absolute atomic E-state index is 0.0357. The van der Waals surface area contributed by atoms with Gasteiger partial charge in [-0.1, -0.05) is 12.1 Å². The van der Waals surface area contributed by atoms with Gasteiger partial charge in [-0.05, 0) is 26.6 Å². The van der Waals surface area contributed by atoms with Crippen molar-refractivity contribution in [1.29, 1.82) is 0 Å². The number of ketones is 1. The molecule has 1 fully saturated rings. The average molecular weight is 277 g/mol. The van der Waals surface area contributed by atoms with Crippen molar-refractivity contribution in [1.82, 2.24) is 9.80 Å². The minimum atomic E-state index is -0.475. The van der Waals surface area contributed by atoms with Gasteiger partial charge in [0.1, 0.15) is 0 Å². The Hall–Kier alpha value is -1.79. The molecule has 1 aliphatic heterocycles. The number of carbonyl (C=O) groups excluding carboxylic acids is 1. The van der Waals surface area contributed by atoms with Gasteiger partial charge in [0.2, 0.25) is 0 Å². The molecule has 0 aliphatic carbocycles. The summed E-state index contributed by atoms with van der Waals surface area (Å²) in [6, 6.07) is 5.95. The Morgan fingerprint density at radius 3 is 2.85 bits per heavy atom. The number of carbonyl (C=O) groups is 1. The maximum atomic E-state index is 12.2. The quantitative estimate of drug-likeness (QED) is 0.473. The van der Waals surface area contributed by atoms with Crippen molar-refractivity contribution in [2.75, 3.05) is 39.8 Å². The predicted octanol–water partition coefficient (Wildman–Crippen LogP) is 1.41. The summed E-state index contributed by atoms with van der Waals surface area (Å²) in [6.45, 7) is 4.07. The number of benzene rings is 1. The molecule has 2 rings (SSSR count). The maximum absolute atomic E-state index is 12.2. The normalized spacial score (nSPS) is 17.6. The Bertz CT molecular complexity index is 504. The molecular formula is C14H19N3O3. The summed E-state index contributed by atoms with van der Waals surface area (Å²) in [5, 5.41) is 10.7. The van der Waals surface area contributed by atoms with Crippen molar-refractivity contribution in [3.05, 3.63) is 39.9 Å². The van der Waals surface area contributed by atoms with Gasteiger partial charge in [-0.3, -0.25) is 19.8 Å². The fraction of sp³-hybridized carbons (Fsp3) is 0.500. The molecule has 6 nitrogen and oxygen atoms in total. The second-order valence-corrected chi connectivity index (χ2v) is 5.16. The lowest BCUT2D eigenvalue weighted by Gasteiger charge is -2.19. The van der Waals surface area contributed by atoms with Crippen LogP contribution in [0.15, 0.2) is 24.3 Å². The number of hydrogen-bond acceptors (Lipinski definition) is 5. The fourth-order valence-electron chi connectivity index (χ4n) is 2.35. The molecule has 1 aliphatic rings. The van der Waals surface area contributed by atoms with Gasteiger partial charge in [0, 0.05) is 30.8 Å². The zero-order chi connectivity index (χ0) is 14.5. The molecule has 0 unspecified atom stereocenters. The summed E-state index contributed by atoms with van der Waals surface area (Å²) in [7, 11) is 2.08. The summed E-state index contributed by atoms with van der Waals surface area (Å²) in [5.41, 5.74) is 0.378. The van der Waals surface area contributed by atoms with E-state index in [0.717, 1.165) is 32.6 Å². The number of nitrogens with zero attached hydrogens (tertiary/aromatic N) is 3. The highest BCUT2D eigenvalue weighted by atomic mass is 16.6. The highest BCUT2D eigenvalue weighted by molar-refractivity contribution is 5.98. The van der Waals surface area contributed by atoms with Crippen molar-refractivity contribution in [2.45, 2.75) is 6.42 Å². The van der Waals surface area contributed by atoms with E-state index < -0.39 is 4.92 Å². The van der Waals surface area contributed by atoms with Crippen LogP contribution in [0.2, 0.25) is 0 Å². The van der Waals surface area contributed by atoms with Crippen molar-refractivity contribution >= 4 is 11.5 Å². The molecule has 0 atom stereocenters. The standard InChI is InChI=1S/C14H19N3O3/c1-15-6-3-7-16(9-8-15)11-14(18)12-4-2-5-13(10-12)17(19)20/h2,4-5,10H,3,6-9,11H2,1H3. The van der Waals surface area contributed by atoms with Gasteiger partial charge in [0.05, 0.1) is 11.5 Å². The Morgan fingerprint density at radius 1 is 1.30 bits per heavy atom. The van der Waals surface area contributed by atoms with Crippen LogP contribution in [0, 0.1) is 10.1 Å². The molecule has 0 aromatic heterocycles. The maximum Gasteiger partial charge on any atom is 0.270 e. The monoisotopic (exact) mass is 277 g/mol. The second-order valence-electron chi connectivity index (χ2n) is 5.16. The number of hydrogen-bond donors (Lipinski definition) is 0. The van der Waals surface area contributed by atoms with Crippen LogP contribution in [0.4, 0.5) is 5.69 Å². The second kappa shape index (κ2) is 6.58. The van der Waals surface area contributed by atoms with Crippen LogP contribution < -0.4 is 0 Å². The van der Waals surface area contributed by atoms with Crippen LogP contribution >= 0.6 is 0 Å². The first-order valence-electron chi connectivity index (χ1n) is 6.75. The molecule has 0 amide bonds. The van der Waals surface area contributed by atoms with Crippen molar-refractivity contribution in [3.8, 4) is 0 Å². The first-order chi connectivity index (χ1) is 9.56. The summed E-state index contributed by atoms with van der Waals surface area (Å²) in [4.78, 5) is 26.8. The van der Waals surface area contributed by atoms with E-state index in [-0.39, 0.29) is 11.5 Å². The van der Waals surface area contributed by atoms with Crippen molar-refractivity contribution < 1.29 is 9.72 Å². The lowest BCUT2D eigenvalue weighted by atomic mass is 10.1. The molecule has 1 heterocycles. The van der Waals surface area contributed by atoms with E-state index in [1.54, 1.807) is 12.1 Å². The Kier molecular flexibility index (Phi) is 4.81. The van der Waals surface area contributed by atoms with E-state index in [9.17, 15) is 14.9 Å². The molecule has 108 valence electrons. The van der Waals surface area contributed by atoms with E-state index in [4.69, 9.17) is 0 Å². The van der Waals surface area contributed by atoms with Gasteiger partial charge >= 0.3 is 0 Å². The third kappa shape index (κ3) is 3.85. The molecule has 0 bridgehead atoms. The molecule has 6 heteroatoms. The number of rotatable bonds is 4. The van der Waals surface area contributed by atoms with Gasteiger partial charge < -0.3 is 4.90 Å². The molecule has 0 spiro atoms. The summed E-state index contributed by atoms with van der Waals surface area (Å²) in [6.07, 6.45) is 1.04. The molecular weight excluding hydrogens is 258 g/mol. The highest BCUT2D eigenvalue weighted by Gasteiger charge is 2.17. The van der Waals surface area contributed by atoms with E-state index in [0.29, 0.717) is 12.1 Å². The SMILES string of the molecule is CN1CCCN(CC(=O)c2cccc([N+](=O)[O-])c2)CC1. The molecule has 0 radical (unpaired) electrons. The van der Waals surface area contributed by atoms with Gasteiger partial charge in [-0.15, -0.1) is 0 Å². The number of likely N-dealkylation sites (N-methyl/N-ethyl adjacent to an activating group) is 1. The van der Waals surface area contributed by atoms with Crippen LogP contribution in [-0.4, -0.2) is 60.3 Å². The van der Waals surface area contributed by atoms with Crippen LogP contribution in [-0.2, 0) is 0 Å². The summed E-state index contributed by atoms with van der Waals surface area (Å²) < 4.78 is 0. The first kappa shape index (κ1) is 14.6. The van der Waals surface area contributed by atoms with Crippen molar-refractivity contribution in [2.24, 2.45) is 0 Å². The lowest BCUT2D eigenvalue weighted by molar-refractivity contribution is -0.384. The molecule has 1 saturated heterocycles. The zero-order valence-electron chi connectivity index (χ0n) is 11.6. The van der Waals surface area contributed by atoms with Crippen LogP contribution in [0.1, 0.15) is 16.8 Å². The summed E-state index contributed by atoms with van der Waals surface area (Å²) in [5.74, 6) is -0.0572. The number of nitro groups is 1. The topological polar surface area (TPSA) is 66.7 Å². The first-order valence-corrected chi connectivity index (χ1v) is 6.75. The molecule has 1 aromatic rings. The highest BCUT2D eigenvalue weighted by Crippen LogP contribution is 2.14. The van der Waals surface area contributed by atoms with Crippen molar-refractivity contribution in [3.63, 3.8) is 0 Å². The Labute approximate surface area is 118 Å². The zero-order valence-corrected chi connectivity index (χ0v) is 11.6. The van der Waals surface area contributed by atoms with Gasteiger partial charge in [0.15, 0.2) is 5.78 Å². The van der Waals surface area contributed by atoms with Crippen LogP contribution in [0.25, 0.3) is 0 Å². The average Bonchev–Trinajstić information content (AvgIpc) is 2.64. The molecule has 1 aromatic carbocycles. The van der Waals surface area contributed by atoms with E-state index >= 15 is 0 Å². The number of nitro benzene ring substituents is 1. The van der Waals surface area contributed by atoms with Gasteiger partial charge in [-0.2, -0.15) is 0 Å². The fourth-order valence-corrected chi connectivity index (χ4v) is 2.35. The van der Waals surface area contributed by atoms with Crippen LogP contribution in [0.5, 0.6) is 0 Å². The number of Topliss-reactive ketones (excluding diaryl/α,β-unsaturated/α-hetero) is 1. The lowest BCUT2D eigenvalue weighted by Crippen LogP contribution is -2.33. The smallest absolute Gasteiger partial charge is 0.270 e. The molecule has 0 saturated carbocycles. The minimum Gasteiger partial charge on any atom is -0.305 e. The predicted molar refractivity (Wildman–Crippen MR) is 76.0 cm³/mol. The Morgan fingerprint density at radius 2 is 2.10 bits per heavy atom. The number of non-ortho nitro benzene ring substituents is 1. The van der Waals surface area contributed by atoms with E-state index in [1.807, 2.05) is 0 Å². The van der Waals surface area contributed by atoms with Gasteiger partial charge in [-0.25, -0.2) is 0 Å². The largest absolute Gasteiger partial charge is 0.305 e. The molecule has 20 heavy (non-hydrogen) atoms. The van der Waals surface area contributed by atoms with Gasteiger partial charge in [0.25, 0.3) is 5.69 Å². The van der Waals surface area contributed by atoms with Crippen LogP contribution in [0.3, 0.4) is 0 Å². The third-order valence-electron chi connectivity index (χ3n) is 3.56. The third-order valence-corrected chi connectivity index (χ3v) is 3.56. The van der Waals surface area contributed by atoms with E-state index in [2.05, 4.69) is 16.8 Å². The molecule has 0 N–H and O–H groups in total. The Balaban J connectivity index is 2.00. The van der Waals surface area contributed by atoms with E-state index in [1.165, 1.54) is 12.1 Å². The summed E-state index contributed by atoms with van der Waals surface area (Å²) >= 11 is 0.